The van der Waals surface area contributed by atoms with Gasteiger partial charge in [0, 0.05) is 0 Å². The number of carbonyl (C=O) groups is 4. The van der Waals surface area contributed by atoms with E-state index in [0.29, 0.717) is 11.1 Å². The number of rotatable bonds is 6. The van der Waals surface area contributed by atoms with Crippen LogP contribution in [0.5, 0.6) is 11.5 Å². The van der Waals surface area contributed by atoms with Crippen molar-refractivity contribution < 1.29 is 33.0 Å². The molecule has 36 heavy (non-hydrogen) atoms. The Kier molecular flexibility index (Phi) is 6.91. The Morgan fingerprint density at radius 1 is 0.972 bits per heavy atom. The molecule has 0 unspecified atom stereocenters. The molecule has 1 aliphatic rings. The molecule has 0 atom stereocenters. The maximum atomic E-state index is 13.3. The number of barbiturate groups is 1. The molecule has 0 saturated carbocycles. The SMILES string of the molecule is CCOc1cc(/C=C2/C(=O)NC(=O)N(c3ccc(F)cc3)C2=O)ccc1OC(=O)c1ccc(C)cc1. The van der Waals surface area contributed by atoms with Gasteiger partial charge in [-0.3, -0.25) is 14.9 Å². The summed E-state index contributed by atoms with van der Waals surface area (Å²) in [6.45, 7) is 3.92. The molecule has 1 heterocycles. The minimum absolute atomic E-state index is 0.102. The van der Waals surface area contributed by atoms with Gasteiger partial charge in [-0.2, -0.15) is 0 Å². The van der Waals surface area contributed by atoms with Crippen molar-refractivity contribution in [2.24, 2.45) is 0 Å². The van der Waals surface area contributed by atoms with Gasteiger partial charge < -0.3 is 9.47 Å². The standard InChI is InChI=1S/C27H21FN2O6/c1-3-35-23-15-17(6-13-22(23)36-26(33)18-7-4-16(2)5-8-18)14-21-24(31)29-27(34)30(25(21)32)20-11-9-19(28)10-12-20/h4-15H,3H2,1-2H3,(H,29,31,34)/b21-14-. The van der Waals surface area contributed by atoms with E-state index in [9.17, 15) is 23.6 Å². The number of urea groups is 1. The highest BCUT2D eigenvalue weighted by Gasteiger charge is 2.36. The predicted octanol–water partition coefficient (Wildman–Crippen LogP) is 4.42. The second-order valence-electron chi connectivity index (χ2n) is 7.83. The minimum atomic E-state index is -0.942. The predicted molar refractivity (Wildman–Crippen MR) is 129 cm³/mol. The van der Waals surface area contributed by atoms with Gasteiger partial charge in [-0.25, -0.2) is 18.9 Å². The Bertz CT molecular complexity index is 1380. The Hall–Kier alpha value is -4.79. The van der Waals surface area contributed by atoms with E-state index in [-0.39, 0.29) is 29.4 Å². The first-order chi connectivity index (χ1) is 17.3. The molecule has 8 nitrogen and oxygen atoms in total. The largest absolute Gasteiger partial charge is 0.490 e. The summed E-state index contributed by atoms with van der Waals surface area (Å²) in [5.74, 6) is -2.48. The molecular formula is C27H21FN2O6. The monoisotopic (exact) mass is 488 g/mol. The second kappa shape index (κ2) is 10.2. The summed E-state index contributed by atoms with van der Waals surface area (Å²) in [6, 6.07) is 15.2. The van der Waals surface area contributed by atoms with Gasteiger partial charge in [0.15, 0.2) is 11.5 Å². The summed E-state index contributed by atoms with van der Waals surface area (Å²) in [6.07, 6.45) is 1.29. The molecule has 182 valence electrons. The first-order valence-electron chi connectivity index (χ1n) is 11.0. The van der Waals surface area contributed by atoms with E-state index < -0.39 is 29.6 Å². The third kappa shape index (κ3) is 5.15. The van der Waals surface area contributed by atoms with Crippen LogP contribution >= 0.6 is 0 Å². The van der Waals surface area contributed by atoms with Crippen molar-refractivity contribution in [3.05, 3.63) is 94.8 Å². The van der Waals surface area contributed by atoms with Crippen LogP contribution in [0, 0.1) is 12.7 Å². The summed E-state index contributed by atoms with van der Waals surface area (Å²) in [7, 11) is 0. The molecule has 0 spiro atoms. The van der Waals surface area contributed by atoms with E-state index in [0.717, 1.165) is 22.6 Å². The molecule has 4 amide bonds. The van der Waals surface area contributed by atoms with Crippen LogP contribution in [0.1, 0.15) is 28.4 Å². The molecule has 9 heteroatoms. The summed E-state index contributed by atoms with van der Waals surface area (Å²) in [5, 5.41) is 2.11. The number of ether oxygens (including phenoxy) is 2. The van der Waals surface area contributed by atoms with Gasteiger partial charge in [0.05, 0.1) is 17.9 Å². The van der Waals surface area contributed by atoms with Crippen molar-refractivity contribution in [2.45, 2.75) is 13.8 Å². The fraction of sp³-hybridized carbons (Fsp3) is 0.111. The maximum Gasteiger partial charge on any atom is 0.343 e. The lowest BCUT2D eigenvalue weighted by atomic mass is 10.1. The first kappa shape index (κ1) is 24.3. The fourth-order valence-corrected chi connectivity index (χ4v) is 3.46. The summed E-state index contributed by atoms with van der Waals surface area (Å²) >= 11 is 0. The summed E-state index contributed by atoms with van der Waals surface area (Å²) < 4.78 is 24.4. The molecule has 0 aromatic heterocycles. The molecule has 0 bridgehead atoms. The van der Waals surface area contributed by atoms with Crippen molar-refractivity contribution >= 4 is 35.6 Å². The highest BCUT2D eigenvalue weighted by Crippen LogP contribution is 2.31. The van der Waals surface area contributed by atoms with Crippen LogP contribution in [-0.4, -0.2) is 30.4 Å². The Balaban J connectivity index is 1.63. The zero-order chi connectivity index (χ0) is 25.8. The van der Waals surface area contributed by atoms with Gasteiger partial charge in [-0.05, 0) is 74.0 Å². The average Bonchev–Trinajstić information content (AvgIpc) is 2.85. The van der Waals surface area contributed by atoms with Gasteiger partial charge in [0.1, 0.15) is 11.4 Å². The van der Waals surface area contributed by atoms with E-state index in [1.165, 1.54) is 36.4 Å². The Morgan fingerprint density at radius 2 is 1.67 bits per heavy atom. The highest BCUT2D eigenvalue weighted by atomic mass is 19.1. The number of aryl methyl sites for hydroxylation is 1. The Morgan fingerprint density at radius 3 is 2.33 bits per heavy atom. The van der Waals surface area contributed by atoms with Gasteiger partial charge in [0.25, 0.3) is 11.8 Å². The number of nitrogens with one attached hydrogen (secondary N) is 1. The highest BCUT2D eigenvalue weighted by molar-refractivity contribution is 6.39. The molecular weight excluding hydrogens is 467 g/mol. The summed E-state index contributed by atoms with van der Waals surface area (Å²) in [4.78, 5) is 51.1. The third-order valence-electron chi connectivity index (χ3n) is 5.26. The van der Waals surface area contributed by atoms with Crippen LogP contribution in [0.2, 0.25) is 0 Å². The van der Waals surface area contributed by atoms with Crippen LogP contribution in [0.4, 0.5) is 14.9 Å². The number of halogens is 1. The van der Waals surface area contributed by atoms with Crippen molar-refractivity contribution in [3.63, 3.8) is 0 Å². The van der Waals surface area contributed by atoms with E-state index >= 15 is 0 Å². The number of imide groups is 2. The topological polar surface area (TPSA) is 102 Å². The van der Waals surface area contributed by atoms with E-state index in [4.69, 9.17) is 9.47 Å². The quantitative estimate of drug-likeness (QED) is 0.239. The lowest BCUT2D eigenvalue weighted by Crippen LogP contribution is -2.54. The number of nitrogens with zero attached hydrogens (tertiary/aromatic N) is 1. The normalized spacial score (nSPS) is 14.6. The maximum absolute atomic E-state index is 13.3. The van der Waals surface area contributed by atoms with Crippen LogP contribution in [0.15, 0.2) is 72.3 Å². The zero-order valence-corrected chi connectivity index (χ0v) is 19.4. The first-order valence-corrected chi connectivity index (χ1v) is 11.0. The molecule has 4 rings (SSSR count). The van der Waals surface area contributed by atoms with E-state index in [2.05, 4.69) is 5.32 Å². The fourth-order valence-electron chi connectivity index (χ4n) is 3.46. The lowest BCUT2D eigenvalue weighted by molar-refractivity contribution is -0.122. The number of carbonyl (C=O) groups excluding carboxylic acids is 4. The van der Waals surface area contributed by atoms with Crippen LogP contribution in [0.25, 0.3) is 6.08 Å². The van der Waals surface area contributed by atoms with Crippen LogP contribution < -0.4 is 19.7 Å². The van der Waals surface area contributed by atoms with E-state index in [1.54, 1.807) is 31.2 Å². The molecule has 1 aliphatic heterocycles. The van der Waals surface area contributed by atoms with Crippen molar-refractivity contribution in [3.8, 4) is 11.5 Å². The van der Waals surface area contributed by atoms with Crippen LogP contribution in [-0.2, 0) is 9.59 Å². The van der Waals surface area contributed by atoms with Crippen LogP contribution in [0.3, 0.4) is 0 Å². The van der Waals surface area contributed by atoms with Crippen molar-refractivity contribution in [1.29, 1.82) is 0 Å². The second-order valence-corrected chi connectivity index (χ2v) is 7.83. The molecule has 0 aliphatic carbocycles. The zero-order valence-electron chi connectivity index (χ0n) is 19.4. The number of anilines is 1. The molecule has 3 aromatic rings. The van der Waals surface area contributed by atoms with Gasteiger partial charge in [-0.1, -0.05) is 23.8 Å². The third-order valence-corrected chi connectivity index (χ3v) is 5.26. The average molecular weight is 488 g/mol. The van der Waals surface area contributed by atoms with Gasteiger partial charge in [0.2, 0.25) is 0 Å². The molecule has 1 N–H and O–H groups in total. The molecule has 0 radical (unpaired) electrons. The molecule has 1 saturated heterocycles. The summed E-state index contributed by atoms with van der Waals surface area (Å²) in [5.41, 5.74) is 1.54. The minimum Gasteiger partial charge on any atom is -0.490 e. The number of benzene rings is 3. The molecule has 3 aromatic carbocycles. The van der Waals surface area contributed by atoms with E-state index in [1.807, 2.05) is 6.92 Å². The van der Waals surface area contributed by atoms with Crippen molar-refractivity contribution in [1.82, 2.24) is 5.32 Å². The smallest absolute Gasteiger partial charge is 0.343 e. The number of amides is 4. The van der Waals surface area contributed by atoms with Gasteiger partial charge >= 0.3 is 12.0 Å². The van der Waals surface area contributed by atoms with Gasteiger partial charge in [-0.15, -0.1) is 0 Å². The lowest BCUT2D eigenvalue weighted by Gasteiger charge is -2.26. The number of hydrogen-bond donors (Lipinski definition) is 1. The molecule has 1 fully saturated rings. The number of esters is 1. The Labute approximate surface area is 205 Å². The number of hydrogen-bond acceptors (Lipinski definition) is 6. The van der Waals surface area contributed by atoms with Crippen molar-refractivity contribution in [2.75, 3.05) is 11.5 Å².